The first-order valence-electron chi connectivity index (χ1n) is 4.93. The summed E-state index contributed by atoms with van der Waals surface area (Å²) in [6.07, 6.45) is 3.48. The summed E-state index contributed by atoms with van der Waals surface area (Å²) in [4.78, 5) is 10.7. The molecule has 0 aliphatic carbocycles. The van der Waals surface area contributed by atoms with Crippen molar-refractivity contribution >= 4 is 6.29 Å². The summed E-state index contributed by atoms with van der Waals surface area (Å²) in [5.41, 5.74) is 3.69. The molecule has 76 valence electrons. The molecule has 0 amide bonds. The quantitative estimate of drug-likeness (QED) is 0.773. The van der Waals surface area contributed by atoms with Gasteiger partial charge in [0.15, 0.2) is 6.29 Å². The number of benzene rings is 1. The van der Waals surface area contributed by atoms with Crippen LogP contribution >= 0.6 is 0 Å². The smallest absolute Gasteiger partial charge is 0.168 e. The number of carbonyl (C=O) groups excluding carboxylic acids is 1. The maximum absolute atomic E-state index is 10.7. The van der Waals surface area contributed by atoms with Crippen LogP contribution in [0.25, 0.3) is 11.1 Å². The van der Waals surface area contributed by atoms with Crippen LogP contribution < -0.4 is 0 Å². The Morgan fingerprint density at radius 1 is 1.33 bits per heavy atom. The highest BCUT2D eigenvalue weighted by atomic mass is 16.1. The number of aromatic amines is 1. The Bertz CT molecular complexity index is 457. The van der Waals surface area contributed by atoms with Crippen molar-refractivity contribution in [2.45, 2.75) is 13.3 Å². The van der Waals surface area contributed by atoms with Gasteiger partial charge in [-0.25, -0.2) is 0 Å². The van der Waals surface area contributed by atoms with Gasteiger partial charge in [-0.2, -0.15) is 5.10 Å². The van der Waals surface area contributed by atoms with E-state index >= 15 is 0 Å². The Kier molecular flexibility index (Phi) is 2.63. The van der Waals surface area contributed by atoms with Gasteiger partial charge in [0.2, 0.25) is 0 Å². The highest BCUT2D eigenvalue weighted by Gasteiger charge is 2.05. The molecule has 0 radical (unpaired) electrons. The molecule has 1 heterocycles. The number of aromatic nitrogens is 2. The molecule has 1 aromatic carbocycles. The maximum atomic E-state index is 10.7. The van der Waals surface area contributed by atoms with Gasteiger partial charge in [-0.15, -0.1) is 0 Å². The van der Waals surface area contributed by atoms with Crippen molar-refractivity contribution in [2.24, 2.45) is 0 Å². The van der Waals surface area contributed by atoms with Gasteiger partial charge in [0.25, 0.3) is 0 Å². The van der Waals surface area contributed by atoms with Crippen molar-refractivity contribution in [3.05, 3.63) is 41.7 Å². The van der Waals surface area contributed by atoms with E-state index in [0.717, 1.165) is 23.8 Å². The number of nitrogens with zero attached hydrogens (tertiary/aromatic N) is 1. The number of carbonyl (C=O) groups is 1. The van der Waals surface area contributed by atoms with E-state index in [1.165, 1.54) is 5.56 Å². The van der Waals surface area contributed by atoms with E-state index < -0.39 is 0 Å². The summed E-state index contributed by atoms with van der Waals surface area (Å²) in [7, 11) is 0. The molecule has 2 aromatic rings. The van der Waals surface area contributed by atoms with Crippen molar-refractivity contribution in [3.8, 4) is 11.1 Å². The first kappa shape index (κ1) is 9.65. The van der Waals surface area contributed by atoms with Crippen LogP contribution in [0.5, 0.6) is 0 Å². The molecule has 1 aromatic heterocycles. The average molecular weight is 200 g/mol. The lowest BCUT2D eigenvalue weighted by molar-refractivity contribution is 0.111. The SMILES string of the molecule is CCc1ccc(-c2cn[nH]c2C=O)cc1. The molecule has 0 saturated carbocycles. The van der Waals surface area contributed by atoms with Crippen molar-refractivity contribution in [1.82, 2.24) is 10.2 Å². The fourth-order valence-electron chi connectivity index (χ4n) is 1.54. The van der Waals surface area contributed by atoms with Crippen LogP contribution in [0, 0.1) is 0 Å². The first-order chi connectivity index (χ1) is 7.35. The van der Waals surface area contributed by atoms with E-state index in [1.54, 1.807) is 6.20 Å². The molecule has 0 atom stereocenters. The van der Waals surface area contributed by atoms with Crippen LogP contribution in [0.2, 0.25) is 0 Å². The van der Waals surface area contributed by atoms with Gasteiger partial charge in [0.05, 0.1) is 6.20 Å². The standard InChI is InChI=1S/C12H12N2O/c1-2-9-3-5-10(6-4-9)11-7-13-14-12(11)8-15/h3-8H,2H2,1H3,(H,13,14). The molecule has 15 heavy (non-hydrogen) atoms. The lowest BCUT2D eigenvalue weighted by atomic mass is 10.0. The summed E-state index contributed by atoms with van der Waals surface area (Å²) in [6, 6.07) is 8.15. The second-order valence-electron chi connectivity index (χ2n) is 3.37. The fraction of sp³-hybridized carbons (Fsp3) is 0.167. The number of hydrogen-bond donors (Lipinski definition) is 1. The number of rotatable bonds is 3. The molecule has 0 aliphatic rings. The maximum Gasteiger partial charge on any atom is 0.168 e. The summed E-state index contributed by atoms with van der Waals surface area (Å²) in [5.74, 6) is 0. The average Bonchev–Trinajstić information content (AvgIpc) is 2.77. The molecule has 3 heteroatoms. The zero-order valence-corrected chi connectivity index (χ0v) is 8.53. The van der Waals surface area contributed by atoms with Gasteiger partial charge < -0.3 is 0 Å². The van der Waals surface area contributed by atoms with Crippen molar-refractivity contribution in [2.75, 3.05) is 0 Å². The zero-order chi connectivity index (χ0) is 10.7. The van der Waals surface area contributed by atoms with Gasteiger partial charge in [-0.1, -0.05) is 31.2 Å². The minimum Gasteiger partial charge on any atom is -0.296 e. The monoisotopic (exact) mass is 200 g/mol. The highest BCUT2D eigenvalue weighted by molar-refractivity contribution is 5.84. The van der Waals surface area contributed by atoms with E-state index in [9.17, 15) is 4.79 Å². The molecule has 2 rings (SSSR count). The minimum atomic E-state index is 0.527. The van der Waals surface area contributed by atoms with E-state index in [0.29, 0.717) is 5.69 Å². The Balaban J connectivity index is 2.41. The second-order valence-corrected chi connectivity index (χ2v) is 3.37. The summed E-state index contributed by atoms with van der Waals surface area (Å²) < 4.78 is 0. The third-order valence-electron chi connectivity index (χ3n) is 2.46. The van der Waals surface area contributed by atoms with Gasteiger partial charge >= 0.3 is 0 Å². The molecule has 3 nitrogen and oxygen atoms in total. The normalized spacial score (nSPS) is 10.2. The fourth-order valence-corrected chi connectivity index (χ4v) is 1.54. The lowest BCUT2D eigenvalue weighted by Crippen LogP contribution is -1.85. The Labute approximate surface area is 88.1 Å². The van der Waals surface area contributed by atoms with Crippen LogP contribution in [0.3, 0.4) is 0 Å². The third kappa shape index (κ3) is 1.81. The van der Waals surface area contributed by atoms with Crippen molar-refractivity contribution in [3.63, 3.8) is 0 Å². The van der Waals surface area contributed by atoms with Gasteiger partial charge in [-0.3, -0.25) is 9.89 Å². The summed E-state index contributed by atoms with van der Waals surface area (Å²) in [6.45, 7) is 2.11. The topological polar surface area (TPSA) is 45.8 Å². The minimum absolute atomic E-state index is 0.527. The summed E-state index contributed by atoms with van der Waals surface area (Å²) in [5, 5.41) is 6.52. The van der Waals surface area contributed by atoms with Crippen LogP contribution in [0.1, 0.15) is 23.0 Å². The molecule has 0 saturated heterocycles. The molecule has 1 N–H and O–H groups in total. The lowest BCUT2D eigenvalue weighted by Gasteiger charge is -2.00. The van der Waals surface area contributed by atoms with Crippen LogP contribution in [0.15, 0.2) is 30.5 Å². The van der Waals surface area contributed by atoms with Crippen molar-refractivity contribution < 1.29 is 4.79 Å². The number of H-pyrrole nitrogens is 1. The molecular weight excluding hydrogens is 188 g/mol. The number of aldehydes is 1. The van der Waals surface area contributed by atoms with Gasteiger partial charge in [0, 0.05) is 5.56 Å². The third-order valence-corrected chi connectivity index (χ3v) is 2.46. The van der Waals surface area contributed by atoms with Crippen molar-refractivity contribution in [1.29, 1.82) is 0 Å². The first-order valence-corrected chi connectivity index (χ1v) is 4.93. The Morgan fingerprint density at radius 2 is 2.07 bits per heavy atom. The Hall–Kier alpha value is -1.90. The molecule has 0 unspecified atom stereocenters. The highest BCUT2D eigenvalue weighted by Crippen LogP contribution is 2.21. The van der Waals surface area contributed by atoms with E-state index in [2.05, 4.69) is 29.3 Å². The molecule has 0 spiro atoms. The van der Waals surface area contributed by atoms with E-state index in [4.69, 9.17) is 0 Å². The van der Waals surface area contributed by atoms with Crippen LogP contribution in [-0.2, 0) is 6.42 Å². The van der Waals surface area contributed by atoms with E-state index in [1.807, 2.05) is 12.1 Å². The number of nitrogens with one attached hydrogen (secondary N) is 1. The zero-order valence-electron chi connectivity index (χ0n) is 8.53. The molecule has 0 bridgehead atoms. The second kappa shape index (κ2) is 4.09. The summed E-state index contributed by atoms with van der Waals surface area (Å²) >= 11 is 0. The predicted octanol–water partition coefficient (Wildman–Crippen LogP) is 2.45. The van der Waals surface area contributed by atoms with Crippen LogP contribution in [-0.4, -0.2) is 16.5 Å². The number of hydrogen-bond acceptors (Lipinski definition) is 2. The molecular formula is C12H12N2O. The van der Waals surface area contributed by atoms with Gasteiger partial charge in [0.1, 0.15) is 5.69 Å². The molecule has 0 aliphatic heterocycles. The Morgan fingerprint density at radius 3 is 2.67 bits per heavy atom. The molecule has 0 fully saturated rings. The van der Waals surface area contributed by atoms with Crippen LogP contribution in [0.4, 0.5) is 0 Å². The van der Waals surface area contributed by atoms with Gasteiger partial charge in [-0.05, 0) is 17.5 Å². The number of aryl methyl sites for hydroxylation is 1. The van der Waals surface area contributed by atoms with E-state index in [-0.39, 0.29) is 0 Å². The predicted molar refractivity (Wildman–Crippen MR) is 58.8 cm³/mol. The largest absolute Gasteiger partial charge is 0.296 e.